The summed E-state index contributed by atoms with van der Waals surface area (Å²) >= 11 is 7.07. The maximum Gasteiger partial charge on any atom is 0.311 e. The monoisotopic (exact) mass is 381 g/mol. The van der Waals surface area contributed by atoms with Crippen molar-refractivity contribution >= 4 is 40.9 Å². The molecule has 0 aliphatic carbocycles. The molecule has 0 spiro atoms. The van der Waals surface area contributed by atoms with Gasteiger partial charge in [-0.05, 0) is 24.6 Å². The van der Waals surface area contributed by atoms with Crippen molar-refractivity contribution < 1.29 is 14.3 Å². The number of nitrogens with one attached hydrogen (secondary N) is 2. The number of amides is 1. The molecule has 2 rings (SSSR count). The van der Waals surface area contributed by atoms with E-state index in [1.165, 1.54) is 13.2 Å². The van der Waals surface area contributed by atoms with Crippen LogP contribution in [-0.2, 0) is 20.7 Å². The summed E-state index contributed by atoms with van der Waals surface area (Å²) in [4.78, 5) is 41.5. The van der Waals surface area contributed by atoms with Crippen LogP contribution in [0, 0.1) is 6.92 Å². The van der Waals surface area contributed by atoms with Gasteiger partial charge < -0.3 is 15.0 Å². The number of esters is 1. The second-order valence-corrected chi connectivity index (χ2v) is 6.47. The maximum atomic E-state index is 12.0. The highest BCUT2D eigenvalue weighted by Gasteiger charge is 2.10. The van der Waals surface area contributed by atoms with Gasteiger partial charge in [0.15, 0.2) is 5.16 Å². The third-order valence-electron chi connectivity index (χ3n) is 3.12. The first-order valence-electron chi connectivity index (χ1n) is 7.23. The van der Waals surface area contributed by atoms with Gasteiger partial charge in [0.2, 0.25) is 5.91 Å². The standard InChI is InChI=1S/C16H16ClN3O4S/c1-9-3-4-10(5-12(9)17)18-14(22)8-25-16-19-11(6-13(21)20-16)7-15(23)24-2/h3-6H,7-8H2,1-2H3,(H,18,22)(H,19,20,21). The summed E-state index contributed by atoms with van der Waals surface area (Å²) in [5.74, 6) is -0.732. The van der Waals surface area contributed by atoms with Gasteiger partial charge in [-0.1, -0.05) is 29.4 Å². The molecule has 1 aromatic carbocycles. The minimum absolute atomic E-state index is 0.0378. The molecule has 0 saturated heterocycles. The molecular weight excluding hydrogens is 366 g/mol. The zero-order valence-electron chi connectivity index (χ0n) is 13.6. The first kappa shape index (κ1) is 19.0. The number of carbonyl (C=O) groups excluding carboxylic acids is 2. The number of hydrogen-bond donors (Lipinski definition) is 2. The van der Waals surface area contributed by atoms with Crippen LogP contribution in [0.1, 0.15) is 11.3 Å². The predicted molar refractivity (Wildman–Crippen MR) is 96.1 cm³/mol. The number of ether oxygens (including phenoxy) is 1. The predicted octanol–water partition coefficient (Wildman–Crippen LogP) is 2.18. The summed E-state index contributed by atoms with van der Waals surface area (Å²) in [6, 6.07) is 6.44. The average molecular weight is 382 g/mol. The molecule has 0 bridgehead atoms. The highest BCUT2D eigenvalue weighted by Crippen LogP contribution is 2.20. The number of nitrogens with zero attached hydrogens (tertiary/aromatic N) is 1. The van der Waals surface area contributed by atoms with Crippen molar-refractivity contribution in [1.82, 2.24) is 9.97 Å². The molecule has 9 heteroatoms. The normalized spacial score (nSPS) is 10.4. The Balaban J connectivity index is 1.98. The SMILES string of the molecule is COC(=O)Cc1cc(=O)[nH]c(SCC(=O)Nc2ccc(C)c(Cl)c2)n1. The van der Waals surface area contributed by atoms with Gasteiger partial charge in [-0.15, -0.1) is 0 Å². The number of methoxy groups -OCH3 is 1. The van der Waals surface area contributed by atoms with Gasteiger partial charge in [0.1, 0.15) is 0 Å². The van der Waals surface area contributed by atoms with E-state index in [4.69, 9.17) is 11.6 Å². The highest BCUT2D eigenvalue weighted by atomic mass is 35.5. The Labute approximate surface area is 153 Å². The quantitative estimate of drug-likeness (QED) is 0.452. The molecule has 0 unspecified atom stereocenters. The van der Waals surface area contributed by atoms with E-state index in [9.17, 15) is 14.4 Å². The lowest BCUT2D eigenvalue weighted by molar-refractivity contribution is -0.139. The van der Waals surface area contributed by atoms with Crippen molar-refractivity contribution in [2.45, 2.75) is 18.5 Å². The van der Waals surface area contributed by atoms with Crippen LogP contribution in [0.3, 0.4) is 0 Å². The third-order valence-corrected chi connectivity index (χ3v) is 4.40. The van der Waals surface area contributed by atoms with E-state index in [2.05, 4.69) is 20.0 Å². The van der Waals surface area contributed by atoms with Crippen molar-refractivity contribution in [3.63, 3.8) is 0 Å². The molecule has 1 amide bonds. The van der Waals surface area contributed by atoms with Crippen molar-refractivity contribution in [1.29, 1.82) is 0 Å². The molecule has 25 heavy (non-hydrogen) atoms. The Morgan fingerprint density at radius 3 is 2.80 bits per heavy atom. The lowest BCUT2D eigenvalue weighted by Crippen LogP contribution is -2.17. The number of thioether (sulfide) groups is 1. The summed E-state index contributed by atoms with van der Waals surface area (Å²) in [6.07, 6.45) is -0.109. The minimum atomic E-state index is -0.497. The summed E-state index contributed by atoms with van der Waals surface area (Å²) in [5, 5.41) is 3.53. The largest absolute Gasteiger partial charge is 0.469 e. The molecule has 0 saturated carbocycles. The van der Waals surface area contributed by atoms with Crippen LogP contribution >= 0.6 is 23.4 Å². The number of halogens is 1. The maximum absolute atomic E-state index is 12.0. The molecule has 0 aliphatic rings. The van der Waals surface area contributed by atoms with Crippen molar-refractivity contribution in [2.24, 2.45) is 0 Å². The van der Waals surface area contributed by atoms with Gasteiger partial charge in [0, 0.05) is 16.8 Å². The molecule has 2 aromatic rings. The van der Waals surface area contributed by atoms with Crippen LogP contribution in [0.25, 0.3) is 0 Å². The van der Waals surface area contributed by atoms with Crippen molar-refractivity contribution in [2.75, 3.05) is 18.2 Å². The summed E-state index contributed by atoms with van der Waals surface area (Å²) in [6.45, 7) is 1.87. The number of rotatable bonds is 6. The van der Waals surface area contributed by atoms with E-state index in [1.54, 1.807) is 18.2 Å². The second-order valence-electron chi connectivity index (χ2n) is 5.10. The smallest absolute Gasteiger partial charge is 0.311 e. The Bertz CT molecular complexity index is 854. The topological polar surface area (TPSA) is 101 Å². The Morgan fingerprint density at radius 2 is 2.12 bits per heavy atom. The van der Waals surface area contributed by atoms with Gasteiger partial charge in [-0.2, -0.15) is 0 Å². The lowest BCUT2D eigenvalue weighted by Gasteiger charge is -2.07. The molecular formula is C16H16ClN3O4S. The zero-order valence-corrected chi connectivity index (χ0v) is 15.2. The fourth-order valence-electron chi connectivity index (χ4n) is 1.86. The first-order chi connectivity index (χ1) is 11.9. The molecule has 0 atom stereocenters. The highest BCUT2D eigenvalue weighted by molar-refractivity contribution is 7.99. The van der Waals surface area contributed by atoms with Gasteiger partial charge in [0.25, 0.3) is 5.56 Å². The number of aromatic amines is 1. The van der Waals surface area contributed by atoms with Gasteiger partial charge in [-0.3, -0.25) is 14.4 Å². The fourth-order valence-corrected chi connectivity index (χ4v) is 2.74. The molecule has 0 aliphatic heterocycles. The van der Waals surface area contributed by atoms with Crippen LogP contribution in [0.2, 0.25) is 5.02 Å². The fraction of sp³-hybridized carbons (Fsp3) is 0.250. The molecule has 2 N–H and O–H groups in total. The Hall–Kier alpha value is -2.32. The molecule has 7 nitrogen and oxygen atoms in total. The van der Waals surface area contributed by atoms with E-state index >= 15 is 0 Å². The second kappa shape index (κ2) is 8.68. The Morgan fingerprint density at radius 1 is 1.36 bits per heavy atom. The number of anilines is 1. The van der Waals surface area contributed by atoms with Gasteiger partial charge in [0.05, 0.1) is 25.0 Å². The Kier molecular flexibility index (Phi) is 6.60. The van der Waals surface area contributed by atoms with Gasteiger partial charge in [-0.25, -0.2) is 4.98 Å². The van der Waals surface area contributed by atoms with Crippen LogP contribution in [0.4, 0.5) is 5.69 Å². The van der Waals surface area contributed by atoms with Gasteiger partial charge >= 0.3 is 5.97 Å². The summed E-state index contributed by atoms with van der Waals surface area (Å²) < 4.78 is 4.54. The van der Waals surface area contributed by atoms with Crippen LogP contribution in [0.15, 0.2) is 34.2 Å². The number of carbonyl (C=O) groups is 2. The van der Waals surface area contributed by atoms with E-state index in [-0.39, 0.29) is 28.9 Å². The van der Waals surface area contributed by atoms with Crippen LogP contribution in [-0.4, -0.2) is 34.7 Å². The number of benzene rings is 1. The van der Waals surface area contributed by atoms with E-state index in [0.717, 1.165) is 17.3 Å². The van der Waals surface area contributed by atoms with Crippen LogP contribution in [0.5, 0.6) is 0 Å². The number of aryl methyl sites for hydroxylation is 1. The van der Waals surface area contributed by atoms with Crippen molar-refractivity contribution in [3.05, 3.63) is 50.9 Å². The molecule has 1 aromatic heterocycles. The molecule has 132 valence electrons. The minimum Gasteiger partial charge on any atom is -0.469 e. The third kappa shape index (κ3) is 5.91. The molecule has 0 fully saturated rings. The number of aromatic nitrogens is 2. The summed E-state index contributed by atoms with van der Waals surface area (Å²) in [5.41, 5.74) is 1.38. The average Bonchev–Trinajstić information content (AvgIpc) is 2.56. The first-order valence-corrected chi connectivity index (χ1v) is 8.59. The molecule has 1 heterocycles. The summed E-state index contributed by atoms with van der Waals surface area (Å²) in [7, 11) is 1.26. The van der Waals surface area contributed by atoms with Crippen LogP contribution < -0.4 is 10.9 Å². The number of hydrogen-bond acceptors (Lipinski definition) is 6. The van der Waals surface area contributed by atoms with Crippen molar-refractivity contribution in [3.8, 4) is 0 Å². The van der Waals surface area contributed by atoms with E-state index in [1.807, 2.05) is 6.92 Å². The van der Waals surface area contributed by atoms with E-state index < -0.39 is 11.5 Å². The molecule has 0 radical (unpaired) electrons. The zero-order chi connectivity index (χ0) is 18.4. The van der Waals surface area contributed by atoms with E-state index in [0.29, 0.717) is 10.7 Å². The lowest BCUT2D eigenvalue weighted by atomic mass is 10.2. The number of H-pyrrole nitrogens is 1.